The first-order valence-electron chi connectivity index (χ1n) is 9.80. The summed E-state index contributed by atoms with van der Waals surface area (Å²) in [6.45, 7) is 4.38. The molecular weight excluding hydrogens is 420 g/mol. The molecule has 2 heterocycles. The number of carbonyl (C=O) groups is 1. The van der Waals surface area contributed by atoms with E-state index in [0.29, 0.717) is 24.7 Å². The first-order chi connectivity index (χ1) is 14.8. The summed E-state index contributed by atoms with van der Waals surface area (Å²) in [6, 6.07) is 8.68. The number of aromatic nitrogens is 4. The number of ether oxygens (including phenoxy) is 1. The highest BCUT2D eigenvalue weighted by Crippen LogP contribution is 2.20. The maximum absolute atomic E-state index is 12.7. The molecule has 0 aliphatic heterocycles. The van der Waals surface area contributed by atoms with Crippen molar-refractivity contribution in [3.8, 4) is 17.1 Å². The smallest absolute Gasteiger partial charge is 0.268 e. The zero-order valence-corrected chi connectivity index (χ0v) is 18.7. The third kappa shape index (κ3) is 4.78. The van der Waals surface area contributed by atoms with Crippen molar-refractivity contribution in [2.24, 2.45) is 7.05 Å². The molecule has 2 aromatic heterocycles. The van der Waals surface area contributed by atoms with Gasteiger partial charge in [0, 0.05) is 31.9 Å². The number of methoxy groups -OCH3 is 1. The second kappa shape index (κ2) is 9.31. The standard InChI is InChI=1S/C20H26N6O4S/c1-5-26(6-2)31(28,29)16-11-17(25(3)13-16)20(27)21-12-18-22-19(24-23-18)14-7-9-15(30-4)10-8-14/h7-11,13H,5-6,12H2,1-4H3,(H,21,27)(H,22,23,24). The Kier molecular flexibility index (Phi) is 6.76. The highest BCUT2D eigenvalue weighted by Gasteiger charge is 2.25. The molecule has 0 aliphatic rings. The Morgan fingerprint density at radius 1 is 1.23 bits per heavy atom. The Labute approximate surface area is 181 Å². The van der Waals surface area contributed by atoms with Crippen molar-refractivity contribution in [1.29, 1.82) is 0 Å². The monoisotopic (exact) mass is 446 g/mol. The molecule has 10 nitrogen and oxygen atoms in total. The summed E-state index contributed by atoms with van der Waals surface area (Å²) < 4.78 is 33.4. The Morgan fingerprint density at radius 3 is 2.52 bits per heavy atom. The Bertz CT molecular complexity index is 1150. The van der Waals surface area contributed by atoms with E-state index >= 15 is 0 Å². The summed E-state index contributed by atoms with van der Waals surface area (Å²) in [5, 5.41) is 9.70. The molecule has 0 bridgehead atoms. The third-order valence-corrected chi connectivity index (χ3v) is 6.87. The summed E-state index contributed by atoms with van der Waals surface area (Å²) in [5.74, 6) is 1.30. The van der Waals surface area contributed by atoms with Crippen LogP contribution in [0.25, 0.3) is 11.4 Å². The molecule has 2 N–H and O–H groups in total. The molecule has 0 saturated heterocycles. The normalized spacial score (nSPS) is 11.6. The lowest BCUT2D eigenvalue weighted by molar-refractivity contribution is 0.0941. The van der Waals surface area contributed by atoms with E-state index in [1.165, 1.54) is 21.1 Å². The maximum Gasteiger partial charge on any atom is 0.268 e. The zero-order valence-electron chi connectivity index (χ0n) is 17.9. The van der Waals surface area contributed by atoms with E-state index in [-0.39, 0.29) is 17.1 Å². The lowest BCUT2D eigenvalue weighted by Crippen LogP contribution is -2.30. The first-order valence-corrected chi connectivity index (χ1v) is 11.2. The van der Waals surface area contributed by atoms with Crippen LogP contribution in [-0.4, -0.2) is 58.6 Å². The lowest BCUT2D eigenvalue weighted by atomic mass is 10.2. The molecule has 0 spiro atoms. The van der Waals surface area contributed by atoms with Gasteiger partial charge in [0.25, 0.3) is 5.91 Å². The second-order valence-electron chi connectivity index (χ2n) is 6.78. The summed E-state index contributed by atoms with van der Waals surface area (Å²) in [4.78, 5) is 17.1. The summed E-state index contributed by atoms with van der Waals surface area (Å²) in [7, 11) is -0.415. The molecule has 1 aromatic carbocycles. The number of hydrogen-bond acceptors (Lipinski definition) is 6. The number of carbonyl (C=O) groups excluding carboxylic acids is 1. The van der Waals surface area contributed by atoms with Crippen LogP contribution in [0.5, 0.6) is 5.75 Å². The molecule has 166 valence electrons. The summed E-state index contributed by atoms with van der Waals surface area (Å²) >= 11 is 0. The molecule has 11 heteroatoms. The number of aromatic amines is 1. The van der Waals surface area contributed by atoms with Gasteiger partial charge in [-0.05, 0) is 30.3 Å². The largest absolute Gasteiger partial charge is 0.497 e. The molecule has 1 amide bonds. The maximum atomic E-state index is 12.7. The Balaban J connectivity index is 1.69. The average molecular weight is 447 g/mol. The van der Waals surface area contributed by atoms with Gasteiger partial charge in [0.05, 0.1) is 13.7 Å². The number of hydrogen-bond donors (Lipinski definition) is 2. The fourth-order valence-electron chi connectivity index (χ4n) is 3.11. The number of benzene rings is 1. The first kappa shape index (κ1) is 22.5. The van der Waals surface area contributed by atoms with Gasteiger partial charge in [-0.2, -0.15) is 9.40 Å². The van der Waals surface area contributed by atoms with Crippen molar-refractivity contribution in [2.45, 2.75) is 25.3 Å². The van der Waals surface area contributed by atoms with Crippen molar-refractivity contribution in [3.05, 3.63) is 48.0 Å². The number of aryl methyl sites for hydroxylation is 1. The predicted octanol–water partition coefficient (Wildman–Crippen LogP) is 1.78. The van der Waals surface area contributed by atoms with Crippen molar-refractivity contribution >= 4 is 15.9 Å². The van der Waals surface area contributed by atoms with Crippen molar-refractivity contribution in [1.82, 2.24) is 29.4 Å². The Morgan fingerprint density at radius 2 is 1.90 bits per heavy atom. The molecule has 0 radical (unpaired) electrons. The minimum Gasteiger partial charge on any atom is -0.497 e. The van der Waals surface area contributed by atoms with E-state index < -0.39 is 15.9 Å². The van der Waals surface area contributed by atoms with Gasteiger partial charge in [0.1, 0.15) is 22.2 Å². The van der Waals surface area contributed by atoms with Crippen molar-refractivity contribution < 1.29 is 17.9 Å². The van der Waals surface area contributed by atoms with Crippen LogP contribution in [0.3, 0.4) is 0 Å². The van der Waals surface area contributed by atoms with E-state index in [1.807, 2.05) is 24.3 Å². The molecule has 31 heavy (non-hydrogen) atoms. The van der Waals surface area contributed by atoms with Gasteiger partial charge < -0.3 is 14.6 Å². The fourth-order valence-corrected chi connectivity index (χ4v) is 4.64. The Hall–Kier alpha value is -3.18. The van der Waals surface area contributed by atoms with Gasteiger partial charge in [0.15, 0.2) is 5.82 Å². The van der Waals surface area contributed by atoms with Crippen LogP contribution in [-0.2, 0) is 23.6 Å². The van der Waals surface area contributed by atoms with Crippen LogP contribution in [0.15, 0.2) is 41.4 Å². The van der Waals surface area contributed by atoms with Crippen LogP contribution in [0.2, 0.25) is 0 Å². The third-order valence-electron chi connectivity index (χ3n) is 4.85. The highest BCUT2D eigenvalue weighted by molar-refractivity contribution is 7.89. The SMILES string of the molecule is CCN(CC)S(=O)(=O)c1cc(C(=O)NCc2nc(-c3ccc(OC)cc3)n[nH]2)n(C)c1. The van der Waals surface area contributed by atoms with Crippen LogP contribution < -0.4 is 10.1 Å². The van der Waals surface area contributed by atoms with Crippen LogP contribution >= 0.6 is 0 Å². The van der Waals surface area contributed by atoms with Crippen LogP contribution in [0, 0.1) is 0 Å². The van der Waals surface area contributed by atoms with E-state index in [0.717, 1.165) is 11.3 Å². The van der Waals surface area contributed by atoms with Crippen molar-refractivity contribution in [2.75, 3.05) is 20.2 Å². The molecule has 0 saturated carbocycles. The fraction of sp³-hybridized carbons (Fsp3) is 0.350. The zero-order chi connectivity index (χ0) is 22.6. The topological polar surface area (TPSA) is 122 Å². The highest BCUT2D eigenvalue weighted by atomic mass is 32.2. The minimum absolute atomic E-state index is 0.0882. The van der Waals surface area contributed by atoms with Crippen molar-refractivity contribution in [3.63, 3.8) is 0 Å². The second-order valence-corrected chi connectivity index (χ2v) is 8.72. The number of nitrogens with one attached hydrogen (secondary N) is 2. The summed E-state index contributed by atoms with van der Waals surface area (Å²) in [6.07, 6.45) is 1.44. The van der Waals surface area contributed by atoms with Gasteiger partial charge in [-0.15, -0.1) is 0 Å². The molecule has 0 unspecified atom stereocenters. The quantitative estimate of drug-likeness (QED) is 0.517. The van der Waals surface area contributed by atoms with Crippen LogP contribution in [0.1, 0.15) is 30.2 Å². The number of amides is 1. The van der Waals surface area contributed by atoms with Gasteiger partial charge in [-0.3, -0.25) is 9.89 Å². The lowest BCUT2D eigenvalue weighted by Gasteiger charge is -2.17. The molecule has 3 rings (SSSR count). The van der Waals surface area contributed by atoms with Gasteiger partial charge in [0.2, 0.25) is 10.0 Å². The van der Waals surface area contributed by atoms with E-state index in [2.05, 4.69) is 20.5 Å². The molecule has 3 aromatic rings. The molecular formula is C20H26N6O4S. The summed E-state index contributed by atoms with van der Waals surface area (Å²) in [5.41, 5.74) is 1.05. The predicted molar refractivity (Wildman–Crippen MR) is 115 cm³/mol. The van der Waals surface area contributed by atoms with E-state index in [9.17, 15) is 13.2 Å². The van der Waals surface area contributed by atoms with E-state index in [1.54, 1.807) is 28.0 Å². The molecule has 0 atom stereocenters. The number of rotatable bonds is 9. The van der Waals surface area contributed by atoms with Crippen LogP contribution in [0.4, 0.5) is 0 Å². The minimum atomic E-state index is -3.64. The average Bonchev–Trinajstić information content (AvgIpc) is 3.40. The van der Waals surface area contributed by atoms with E-state index in [4.69, 9.17) is 4.74 Å². The van der Waals surface area contributed by atoms with Gasteiger partial charge in [-0.25, -0.2) is 13.4 Å². The molecule has 0 fully saturated rings. The molecule has 0 aliphatic carbocycles. The number of sulfonamides is 1. The van der Waals surface area contributed by atoms with Gasteiger partial charge >= 0.3 is 0 Å². The number of nitrogens with zero attached hydrogens (tertiary/aromatic N) is 4. The van der Waals surface area contributed by atoms with Gasteiger partial charge in [-0.1, -0.05) is 13.8 Å². The number of H-pyrrole nitrogens is 1.